The average molecular weight is 310 g/mol. The van der Waals surface area contributed by atoms with Gasteiger partial charge >= 0.3 is 0 Å². The van der Waals surface area contributed by atoms with Crippen LogP contribution in [0.4, 0.5) is 5.69 Å². The molecule has 1 heterocycles. The highest BCUT2D eigenvalue weighted by atomic mass is 32.2. The molecule has 0 saturated carbocycles. The zero-order valence-corrected chi connectivity index (χ0v) is 14.4. The number of anilines is 1. The molecule has 1 aromatic rings. The van der Waals surface area contributed by atoms with Gasteiger partial charge in [-0.1, -0.05) is 6.92 Å². The van der Waals surface area contributed by atoms with Gasteiger partial charge in [0.2, 0.25) is 10.0 Å². The van der Waals surface area contributed by atoms with Gasteiger partial charge in [0.1, 0.15) is 0 Å². The van der Waals surface area contributed by atoms with E-state index >= 15 is 0 Å². The van der Waals surface area contributed by atoms with Crippen molar-refractivity contribution in [2.45, 2.75) is 58.4 Å². The molecule has 21 heavy (non-hydrogen) atoms. The van der Waals surface area contributed by atoms with Crippen molar-refractivity contribution in [1.82, 2.24) is 4.31 Å². The predicted octanol–water partition coefficient (Wildman–Crippen LogP) is 3.00. The minimum atomic E-state index is -3.49. The Morgan fingerprint density at radius 2 is 1.81 bits per heavy atom. The van der Waals surface area contributed by atoms with Crippen LogP contribution < -0.4 is 5.73 Å². The Hall–Kier alpha value is -1.07. The molecule has 2 N–H and O–H groups in total. The normalized spacial score (nSPS) is 24.2. The minimum absolute atomic E-state index is 0.0410. The highest BCUT2D eigenvalue weighted by Crippen LogP contribution is 2.34. The molecular formula is C16H26N2O2S. The predicted molar refractivity (Wildman–Crippen MR) is 86.8 cm³/mol. The Morgan fingerprint density at radius 3 is 2.38 bits per heavy atom. The van der Waals surface area contributed by atoms with E-state index in [1.807, 2.05) is 26.8 Å². The monoisotopic (exact) mass is 310 g/mol. The molecule has 118 valence electrons. The lowest BCUT2D eigenvalue weighted by molar-refractivity contribution is 0.220. The van der Waals surface area contributed by atoms with Crippen LogP contribution in [0, 0.1) is 26.7 Å². The van der Waals surface area contributed by atoms with E-state index in [9.17, 15) is 8.42 Å². The number of nitrogens with zero attached hydrogens (tertiary/aromatic N) is 1. The summed E-state index contributed by atoms with van der Waals surface area (Å²) in [6.45, 7) is 10.3. The third-order valence-corrected chi connectivity index (χ3v) is 7.01. The van der Waals surface area contributed by atoms with Gasteiger partial charge in [0, 0.05) is 18.3 Å². The summed E-state index contributed by atoms with van der Waals surface area (Å²) < 4.78 is 27.9. The van der Waals surface area contributed by atoms with Crippen molar-refractivity contribution < 1.29 is 8.42 Å². The lowest BCUT2D eigenvalue weighted by Gasteiger charge is -2.36. The number of sulfonamides is 1. The molecule has 5 heteroatoms. The fourth-order valence-electron chi connectivity index (χ4n) is 3.29. The Morgan fingerprint density at radius 1 is 1.19 bits per heavy atom. The number of hydrogen-bond donors (Lipinski definition) is 1. The number of piperidine rings is 1. The SMILES string of the molecule is Cc1cc(N)c(C)c(S(=O)(=O)N2CCC(C)CC2C)c1C. The van der Waals surface area contributed by atoms with E-state index in [0.717, 1.165) is 24.0 Å². The van der Waals surface area contributed by atoms with Crippen LogP contribution >= 0.6 is 0 Å². The van der Waals surface area contributed by atoms with Crippen LogP contribution in [0.5, 0.6) is 0 Å². The van der Waals surface area contributed by atoms with Crippen molar-refractivity contribution in [3.63, 3.8) is 0 Å². The van der Waals surface area contributed by atoms with E-state index in [-0.39, 0.29) is 6.04 Å². The van der Waals surface area contributed by atoms with Crippen LogP contribution in [0.15, 0.2) is 11.0 Å². The number of nitrogen functional groups attached to an aromatic ring is 1. The first-order valence-electron chi connectivity index (χ1n) is 7.54. The molecule has 0 amide bonds. The number of rotatable bonds is 2. The van der Waals surface area contributed by atoms with Crippen molar-refractivity contribution >= 4 is 15.7 Å². The smallest absolute Gasteiger partial charge is 0.243 e. The first kappa shape index (κ1) is 16.3. The molecule has 0 aromatic heterocycles. The molecule has 0 radical (unpaired) electrons. The molecule has 0 spiro atoms. The number of benzene rings is 1. The van der Waals surface area contributed by atoms with Gasteiger partial charge in [-0.3, -0.25) is 0 Å². The largest absolute Gasteiger partial charge is 0.398 e. The van der Waals surface area contributed by atoms with Gasteiger partial charge in [0.05, 0.1) is 4.90 Å². The summed E-state index contributed by atoms with van der Waals surface area (Å²) in [5, 5.41) is 0. The van der Waals surface area contributed by atoms with E-state index in [2.05, 4.69) is 6.92 Å². The molecule has 0 aliphatic carbocycles. The molecule has 2 rings (SSSR count). The molecule has 1 aliphatic heterocycles. The van der Waals surface area contributed by atoms with Crippen molar-refractivity contribution in [3.05, 3.63) is 22.8 Å². The molecule has 0 bridgehead atoms. The van der Waals surface area contributed by atoms with E-state index in [0.29, 0.717) is 28.6 Å². The van der Waals surface area contributed by atoms with Crippen molar-refractivity contribution in [2.75, 3.05) is 12.3 Å². The molecule has 1 aromatic carbocycles. The lowest BCUT2D eigenvalue weighted by atomic mass is 9.95. The van der Waals surface area contributed by atoms with Crippen molar-refractivity contribution in [2.24, 2.45) is 5.92 Å². The topological polar surface area (TPSA) is 63.4 Å². The first-order chi connectivity index (χ1) is 9.66. The maximum Gasteiger partial charge on any atom is 0.243 e. The van der Waals surface area contributed by atoms with Crippen LogP contribution in [-0.2, 0) is 10.0 Å². The maximum absolute atomic E-state index is 13.1. The zero-order valence-electron chi connectivity index (χ0n) is 13.6. The number of nitrogens with two attached hydrogens (primary N) is 1. The second-order valence-corrected chi connectivity index (χ2v) is 8.28. The molecule has 2 unspecified atom stereocenters. The van der Waals surface area contributed by atoms with Crippen molar-refractivity contribution in [1.29, 1.82) is 0 Å². The Balaban J connectivity index is 2.55. The quantitative estimate of drug-likeness (QED) is 0.854. The van der Waals surface area contributed by atoms with E-state index in [1.54, 1.807) is 11.2 Å². The van der Waals surface area contributed by atoms with Crippen LogP contribution in [0.25, 0.3) is 0 Å². The third kappa shape index (κ3) is 2.81. The summed E-state index contributed by atoms with van der Waals surface area (Å²) in [5.74, 6) is 0.580. The number of aryl methyl sites for hydroxylation is 1. The van der Waals surface area contributed by atoms with Gasteiger partial charge in [-0.05, 0) is 69.2 Å². The first-order valence-corrected chi connectivity index (χ1v) is 8.98. The summed E-state index contributed by atoms with van der Waals surface area (Å²) in [4.78, 5) is 0.404. The number of hydrogen-bond acceptors (Lipinski definition) is 3. The fraction of sp³-hybridized carbons (Fsp3) is 0.625. The molecule has 4 nitrogen and oxygen atoms in total. The van der Waals surface area contributed by atoms with Gasteiger partial charge in [0.25, 0.3) is 0 Å². The standard InChI is InChI=1S/C16H26N2O2S/c1-10-6-7-18(12(3)8-10)21(19,20)16-13(4)11(2)9-15(17)14(16)5/h9-10,12H,6-8,17H2,1-5H3. The van der Waals surface area contributed by atoms with Crippen molar-refractivity contribution in [3.8, 4) is 0 Å². The van der Waals surface area contributed by atoms with Gasteiger partial charge in [0.15, 0.2) is 0 Å². The molecule has 2 atom stereocenters. The summed E-state index contributed by atoms with van der Waals surface area (Å²) >= 11 is 0. The fourth-order valence-corrected chi connectivity index (χ4v) is 5.48. The van der Waals surface area contributed by atoms with Gasteiger partial charge in [-0.2, -0.15) is 4.31 Å². The summed E-state index contributed by atoms with van der Waals surface area (Å²) in [7, 11) is -3.49. The molecular weight excluding hydrogens is 284 g/mol. The van der Waals surface area contributed by atoms with E-state index in [4.69, 9.17) is 5.73 Å². The van der Waals surface area contributed by atoms with E-state index in [1.165, 1.54) is 0 Å². The van der Waals surface area contributed by atoms with Crippen LogP contribution in [0.3, 0.4) is 0 Å². The van der Waals surface area contributed by atoms with Crippen LogP contribution in [0.2, 0.25) is 0 Å². The Bertz CT molecular complexity index is 626. The molecule has 1 fully saturated rings. The third-order valence-electron chi connectivity index (χ3n) is 4.72. The molecule has 1 aliphatic rings. The Labute approximate surface area is 128 Å². The van der Waals surface area contributed by atoms with Crippen LogP contribution in [-0.4, -0.2) is 25.3 Å². The lowest BCUT2D eigenvalue weighted by Crippen LogP contribution is -2.44. The summed E-state index contributed by atoms with van der Waals surface area (Å²) in [6, 6.07) is 1.89. The van der Waals surface area contributed by atoms with Gasteiger partial charge in [-0.25, -0.2) is 8.42 Å². The Kier molecular flexibility index (Phi) is 4.36. The minimum Gasteiger partial charge on any atom is -0.398 e. The van der Waals surface area contributed by atoms with Gasteiger partial charge in [-0.15, -0.1) is 0 Å². The summed E-state index contributed by atoms with van der Waals surface area (Å²) in [5.41, 5.74) is 8.95. The average Bonchev–Trinajstić information content (AvgIpc) is 2.36. The highest BCUT2D eigenvalue weighted by molar-refractivity contribution is 7.89. The second-order valence-electron chi connectivity index (χ2n) is 6.46. The van der Waals surface area contributed by atoms with E-state index < -0.39 is 10.0 Å². The zero-order chi connectivity index (χ0) is 15.9. The summed E-state index contributed by atoms with van der Waals surface area (Å²) in [6.07, 6.45) is 1.83. The maximum atomic E-state index is 13.1. The highest BCUT2D eigenvalue weighted by Gasteiger charge is 2.35. The molecule has 1 saturated heterocycles. The van der Waals surface area contributed by atoms with Crippen LogP contribution in [0.1, 0.15) is 43.4 Å². The second kappa shape index (κ2) is 5.61. The van der Waals surface area contributed by atoms with Gasteiger partial charge < -0.3 is 5.73 Å².